The van der Waals surface area contributed by atoms with E-state index in [1.807, 2.05) is 37.4 Å². The number of likely N-dealkylation sites (N-methyl/N-ethyl adjacent to an activating group) is 1. The zero-order valence-electron chi connectivity index (χ0n) is 11.2. The third-order valence-electron chi connectivity index (χ3n) is 3.12. The number of hydrogen-bond acceptors (Lipinski definition) is 2. The molecule has 0 aliphatic carbocycles. The molecule has 0 heterocycles. The van der Waals surface area contributed by atoms with Crippen molar-refractivity contribution in [1.82, 2.24) is 4.90 Å². The van der Waals surface area contributed by atoms with Crippen molar-refractivity contribution in [3.63, 3.8) is 0 Å². The molecule has 0 aliphatic heterocycles. The van der Waals surface area contributed by atoms with Crippen LogP contribution < -0.4 is 0 Å². The Morgan fingerprint density at radius 3 is 2.55 bits per heavy atom. The van der Waals surface area contributed by atoms with Gasteiger partial charge in [-0.15, -0.1) is 12.6 Å². The first kappa shape index (κ1) is 15.1. The monoisotopic (exact) mass is 349 g/mol. The second-order valence-electron chi connectivity index (χ2n) is 4.62. The van der Waals surface area contributed by atoms with E-state index in [0.29, 0.717) is 17.0 Å². The predicted molar refractivity (Wildman–Crippen MR) is 88.5 cm³/mol. The lowest BCUT2D eigenvalue weighted by Gasteiger charge is -2.18. The summed E-state index contributed by atoms with van der Waals surface area (Å²) < 4.78 is 0.922. The van der Waals surface area contributed by atoms with E-state index in [9.17, 15) is 4.79 Å². The van der Waals surface area contributed by atoms with E-state index in [1.165, 1.54) is 5.56 Å². The summed E-state index contributed by atoms with van der Waals surface area (Å²) in [6.45, 7) is 0.687. The molecule has 0 saturated heterocycles. The molecule has 0 radical (unpaired) electrons. The highest BCUT2D eigenvalue weighted by Gasteiger charge is 2.14. The lowest BCUT2D eigenvalue weighted by Crippen LogP contribution is -2.29. The van der Waals surface area contributed by atoms with Crippen molar-refractivity contribution in [3.05, 3.63) is 64.1 Å². The lowest BCUT2D eigenvalue weighted by molar-refractivity contribution is 0.0793. The minimum absolute atomic E-state index is 0.00145. The zero-order chi connectivity index (χ0) is 14.5. The van der Waals surface area contributed by atoms with E-state index < -0.39 is 0 Å². The summed E-state index contributed by atoms with van der Waals surface area (Å²) in [5.41, 5.74) is 1.86. The first-order valence-corrected chi connectivity index (χ1v) is 7.60. The minimum atomic E-state index is -0.00145. The first-order chi connectivity index (χ1) is 9.58. The number of thiol groups is 1. The average molecular weight is 350 g/mol. The van der Waals surface area contributed by atoms with Crippen molar-refractivity contribution in [1.29, 1.82) is 0 Å². The van der Waals surface area contributed by atoms with Gasteiger partial charge >= 0.3 is 0 Å². The Balaban J connectivity index is 2.01. The molecule has 2 nitrogen and oxygen atoms in total. The van der Waals surface area contributed by atoms with Crippen molar-refractivity contribution < 1.29 is 4.79 Å². The molecule has 2 aromatic rings. The quantitative estimate of drug-likeness (QED) is 0.825. The third kappa shape index (κ3) is 3.87. The fourth-order valence-electron chi connectivity index (χ4n) is 1.93. The van der Waals surface area contributed by atoms with E-state index >= 15 is 0 Å². The molecular weight excluding hydrogens is 334 g/mol. The third-order valence-corrected chi connectivity index (χ3v) is 3.98. The van der Waals surface area contributed by atoms with Crippen LogP contribution >= 0.6 is 28.6 Å². The summed E-state index contributed by atoms with van der Waals surface area (Å²) in [5, 5.41) is 0. The van der Waals surface area contributed by atoms with E-state index in [2.05, 4.69) is 40.7 Å². The SMILES string of the molecule is CN(CCc1ccccc1)C(=O)c1ccc(Br)cc1S. The van der Waals surface area contributed by atoms with Gasteiger partial charge in [-0.3, -0.25) is 4.79 Å². The summed E-state index contributed by atoms with van der Waals surface area (Å²) in [5.74, 6) is -0.00145. The van der Waals surface area contributed by atoms with Gasteiger partial charge in [0.2, 0.25) is 0 Å². The Morgan fingerprint density at radius 1 is 1.20 bits per heavy atom. The molecule has 2 rings (SSSR count). The fourth-order valence-corrected chi connectivity index (χ4v) is 2.78. The van der Waals surface area contributed by atoms with Crippen molar-refractivity contribution in [2.45, 2.75) is 11.3 Å². The largest absolute Gasteiger partial charge is 0.341 e. The number of benzene rings is 2. The van der Waals surface area contributed by atoms with Crippen molar-refractivity contribution in [2.75, 3.05) is 13.6 Å². The van der Waals surface area contributed by atoms with Crippen LogP contribution in [0, 0.1) is 0 Å². The highest BCUT2D eigenvalue weighted by molar-refractivity contribution is 9.10. The van der Waals surface area contributed by atoms with Gasteiger partial charge in [0, 0.05) is 23.0 Å². The number of amides is 1. The molecule has 0 N–H and O–H groups in total. The maximum Gasteiger partial charge on any atom is 0.254 e. The van der Waals surface area contributed by atoms with Crippen LogP contribution in [0.15, 0.2) is 57.9 Å². The summed E-state index contributed by atoms with van der Waals surface area (Å²) >= 11 is 7.73. The van der Waals surface area contributed by atoms with Crippen LogP contribution in [0.25, 0.3) is 0 Å². The zero-order valence-corrected chi connectivity index (χ0v) is 13.7. The number of halogens is 1. The molecule has 20 heavy (non-hydrogen) atoms. The van der Waals surface area contributed by atoms with Crippen molar-refractivity contribution in [2.24, 2.45) is 0 Å². The molecule has 0 bridgehead atoms. The van der Waals surface area contributed by atoms with E-state index in [0.717, 1.165) is 10.9 Å². The number of carbonyl (C=O) groups excluding carboxylic acids is 1. The molecule has 104 valence electrons. The summed E-state index contributed by atoms with van der Waals surface area (Å²) in [7, 11) is 1.82. The Labute approximate surface area is 133 Å². The summed E-state index contributed by atoms with van der Waals surface area (Å²) in [6.07, 6.45) is 0.849. The molecular formula is C16H16BrNOS. The normalized spacial score (nSPS) is 10.3. The second-order valence-corrected chi connectivity index (χ2v) is 6.02. The van der Waals surface area contributed by atoms with Crippen LogP contribution in [0.3, 0.4) is 0 Å². The molecule has 4 heteroatoms. The predicted octanol–water partition coefficient (Wildman–Crippen LogP) is 4.05. The first-order valence-electron chi connectivity index (χ1n) is 6.36. The topological polar surface area (TPSA) is 20.3 Å². The van der Waals surface area contributed by atoms with Crippen LogP contribution in [0.1, 0.15) is 15.9 Å². The summed E-state index contributed by atoms with van der Waals surface area (Å²) in [4.78, 5) is 14.8. The average Bonchev–Trinajstić information content (AvgIpc) is 2.45. The standard InChI is InChI=1S/C16H16BrNOS/c1-18(10-9-12-5-3-2-4-6-12)16(19)14-8-7-13(17)11-15(14)20/h2-8,11,20H,9-10H2,1H3. The molecule has 0 aliphatic rings. The van der Waals surface area contributed by atoms with Gasteiger partial charge in [0.25, 0.3) is 5.91 Å². The maximum atomic E-state index is 12.4. The van der Waals surface area contributed by atoms with Gasteiger partial charge in [0.15, 0.2) is 0 Å². The molecule has 2 aromatic carbocycles. The van der Waals surface area contributed by atoms with Crippen LogP contribution in [0.4, 0.5) is 0 Å². The van der Waals surface area contributed by atoms with Crippen molar-refractivity contribution in [3.8, 4) is 0 Å². The molecule has 0 saturated carbocycles. The fraction of sp³-hybridized carbons (Fsp3) is 0.188. The van der Waals surface area contributed by atoms with Gasteiger partial charge in [-0.1, -0.05) is 46.3 Å². The number of nitrogens with zero attached hydrogens (tertiary/aromatic N) is 1. The Morgan fingerprint density at radius 2 is 1.90 bits per heavy atom. The highest BCUT2D eigenvalue weighted by atomic mass is 79.9. The van der Waals surface area contributed by atoms with Gasteiger partial charge in [0.05, 0.1) is 5.56 Å². The van der Waals surface area contributed by atoms with Crippen LogP contribution in [0.2, 0.25) is 0 Å². The van der Waals surface area contributed by atoms with Crippen LogP contribution in [-0.2, 0) is 6.42 Å². The number of hydrogen-bond donors (Lipinski definition) is 1. The Bertz CT molecular complexity index is 601. The molecule has 0 atom stereocenters. The van der Waals surface area contributed by atoms with Gasteiger partial charge in [-0.25, -0.2) is 0 Å². The van der Waals surface area contributed by atoms with E-state index in [4.69, 9.17) is 0 Å². The van der Waals surface area contributed by atoms with E-state index in [-0.39, 0.29) is 5.91 Å². The lowest BCUT2D eigenvalue weighted by atomic mass is 10.1. The van der Waals surface area contributed by atoms with Gasteiger partial charge < -0.3 is 4.90 Å². The van der Waals surface area contributed by atoms with Gasteiger partial charge in [-0.05, 0) is 30.2 Å². The highest BCUT2D eigenvalue weighted by Crippen LogP contribution is 2.21. The smallest absolute Gasteiger partial charge is 0.254 e. The van der Waals surface area contributed by atoms with Crippen molar-refractivity contribution >= 4 is 34.5 Å². The Kier molecular flexibility index (Phi) is 5.26. The van der Waals surface area contributed by atoms with Crippen LogP contribution in [-0.4, -0.2) is 24.4 Å². The molecule has 1 amide bonds. The molecule has 0 spiro atoms. The molecule has 0 unspecified atom stereocenters. The molecule has 0 fully saturated rings. The Hall–Kier alpha value is -1.26. The van der Waals surface area contributed by atoms with Gasteiger partial charge in [-0.2, -0.15) is 0 Å². The second kappa shape index (κ2) is 6.95. The molecule has 0 aromatic heterocycles. The summed E-state index contributed by atoms with van der Waals surface area (Å²) in [6, 6.07) is 15.7. The van der Waals surface area contributed by atoms with Gasteiger partial charge in [0.1, 0.15) is 0 Å². The maximum absolute atomic E-state index is 12.4. The minimum Gasteiger partial charge on any atom is -0.341 e. The van der Waals surface area contributed by atoms with Crippen LogP contribution in [0.5, 0.6) is 0 Å². The number of rotatable bonds is 4. The number of carbonyl (C=O) groups is 1. The van der Waals surface area contributed by atoms with E-state index in [1.54, 1.807) is 11.0 Å².